The number of pyridine rings is 1. The summed E-state index contributed by atoms with van der Waals surface area (Å²) in [5.41, 5.74) is 6.71. The van der Waals surface area contributed by atoms with E-state index >= 15 is 0 Å². The number of halogens is 1. The monoisotopic (exact) mass is 211 g/mol. The van der Waals surface area contributed by atoms with E-state index in [9.17, 15) is 0 Å². The zero-order valence-corrected chi connectivity index (χ0v) is 8.74. The lowest BCUT2D eigenvalue weighted by molar-refractivity contribution is 0.0979. The Hall–Kier alpha value is -0.640. The maximum atomic E-state index is 6.01. The van der Waals surface area contributed by atoms with E-state index < -0.39 is 0 Å². The van der Waals surface area contributed by atoms with Gasteiger partial charge in [-0.15, -0.1) is 0 Å². The molecule has 0 atom stereocenters. The fourth-order valence-corrected chi connectivity index (χ4v) is 1.91. The van der Waals surface area contributed by atoms with Crippen molar-refractivity contribution in [1.82, 2.24) is 9.88 Å². The highest BCUT2D eigenvalue weighted by molar-refractivity contribution is 6.31. The van der Waals surface area contributed by atoms with Gasteiger partial charge in [0.25, 0.3) is 0 Å². The van der Waals surface area contributed by atoms with E-state index in [4.69, 9.17) is 17.3 Å². The summed E-state index contributed by atoms with van der Waals surface area (Å²) in [7, 11) is 0. The Balaban J connectivity index is 1.90. The molecular formula is C10H14ClN3. The first kappa shape index (κ1) is 9.90. The molecular weight excluding hydrogens is 198 g/mol. The maximum Gasteiger partial charge on any atom is 0.0634 e. The molecule has 2 rings (SSSR count). The van der Waals surface area contributed by atoms with Crippen LogP contribution < -0.4 is 5.73 Å². The maximum absolute atomic E-state index is 6.01. The summed E-state index contributed by atoms with van der Waals surface area (Å²) in [5.74, 6) is 0.676. The second kappa shape index (κ2) is 4.26. The van der Waals surface area contributed by atoms with E-state index in [1.165, 1.54) is 0 Å². The van der Waals surface area contributed by atoms with E-state index in [2.05, 4.69) is 9.88 Å². The predicted octanol–water partition coefficient (Wildman–Crippen LogP) is 1.13. The topological polar surface area (TPSA) is 42.1 Å². The molecule has 4 heteroatoms. The Morgan fingerprint density at radius 3 is 3.00 bits per heavy atom. The van der Waals surface area contributed by atoms with Gasteiger partial charge in [0.1, 0.15) is 0 Å². The third kappa shape index (κ3) is 2.05. The minimum atomic E-state index is 0.676. The Labute approximate surface area is 88.9 Å². The van der Waals surface area contributed by atoms with Crippen molar-refractivity contribution in [2.75, 3.05) is 19.6 Å². The number of nitrogens with zero attached hydrogens (tertiary/aromatic N) is 2. The zero-order chi connectivity index (χ0) is 9.97. The van der Waals surface area contributed by atoms with Gasteiger partial charge >= 0.3 is 0 Å². The smallest absolute Gasteiger partial charge is 0.0634 e. The first-order chi connectivity index (χ1) is 6.79. The number of likely N-dealkylation sites (tertiary alicyclic amines) is 1. The second-order valence-electron chi connectivity index (χ2n) is 3.76. The van der Waals surface area contributed by atoms with Crippen LogP contribution in [0.3, 0.4) is 0 Å². The molecule has 1 aromatic rings. The number of nitrogens with two attached hydrogens (primary N) is 1. The summed E-state index contributed by atoms with van der Waals surface area (Å²) in [4.78, 5) is 6.30. The number of hydrogen-bond donors (Lipinski definition) is 1. The highest BCUT2D eigenvalue weighted by atomic mass is 35.5. The first-order valence-corrected chi connectivity index (χ1v) is 5.18. The molecule has 0 unspecified atom stereocenters. The van der Waals surface area contributed by atoms with Gasteiger partial charge in [0, 0.05) is 32.0 Å². The molecule has 76 valence electrons. The van der Waals surface area contributed by atoms with Crippen LogP contribution in [0.25, 0.3) is 0 Å². The quantitative estimate of drug-likeness (QED) is 0.815. The third-order valence-corrected chi connectivity index (χ3v) is 2.96. The summed E-state index contributed by atoms with van der Waals surface area (Å²) in [5, 5.41) is 0.753. The van der Waals surface area contributed by atoms with Gasteiger partial charge in [0.2, 0.25) is 0 Å². The van der Waals surface area contributed by atoms with Crippen LogP contribution in [0, 0.1) is 5.92 Å². The van der Waals surface area contributed by atoms with Crippen molar-refractivity contribution in [3.8, 4) is 0 Å². The van der Waals surface area contributed by atoms with Crippen LogP contribution in [0.4, 0.5) is 0 Å². The fourth-order valence-electron chi connectivity index (χ4n) is 1.73. The summed E-state index contributed by atoms with van der Waals surface area (Å²) in [6.45, 7) is 3.89. The summed E-state index contributed by atoms with van der Waals surface area (Å²) < 4.78 is 0. The van der Waals surface area contributed by atoms with Crippen LogP contribution in [-0.4, -0.2) is 29.5 Å². The third-order valence-electron chi connectivity index (χ3n) is 2.62. The lowest BCUT2D eigenvalue weighted by Gasteiger charge is -2.38. The van der Waals surface area contributed by atoms with Crippen molar-refractivity contribution in [3.05, 3.63) is 29.0 Å². The summed E-state index contributed by atoms with van der Waals surface area (Å²) >= 11 is 6.01. The normalized spacial score (nSPS) is 18.1. The van der Waals surface area contributed by atoms with E-state index in [0.717, 1.165) is 36.8 Å². The largest absolute Gasteiger partial charge is 0.330 e. The van der Waals surface area contributed by atoms with Gasteiger partial charge < -0.3 is 5.73 Å². The first-order valence-electron chi connectivity index (χ1n) is 4.80. The Kier molecular flexibility index (Phi) is 3.01. The Morgan fingerprint density at radius 2 is 2.36 bits per heavy atom. The van der Waals surface area contributed by atoms with Gasteiger partial charge in [0.05, 0.1) is 5.02 Å². The van der Waals surface area contributed by atoms with Gasteiger partial charge in [-0.25, -0.2) is 0 Å². The molecule has 0 spiro atoms. The van der Waals surface area contributed by atoms with Crippen molar-refractivity contribution >= 4 is 11.6 Å². The van der Waals surface area contributed by atoms with E-state index in [0.29, 0.717) is 5.92 Å². The van der Waals surface area contributed by atoms with Gasteiger partial charge in [0.15, 0.2) is 0 Å². The average molecular weight is 212 g/mol. The van der Waals surface area contributed by atoms with Gasteiger partial charge in [-0.3, -0.25) is 9.88 Å². The van der Waals surface area contributed by atoms with Crippen LogP contribution >= 0.6 is 11.6 Å². The van der Waals surface area contributed by atoms with Crippen molar-refractivity contribution < 1.29 is 0 Å². The lowest BCUT2D eigenvalue weighted by atomic mass is 10.00. The second-order valence-corrected chi connectivity index (χ2v) is 4.17. The molecule has 1 aromatic heterocycles. The lowest BCUT2D eigenvalue weighted by Crippen LogP contribution is -2.49. The highest BCUT2D eigenvalue weighted by Crippen LogP contribution is 2.21. The molecule has 0 saturated carbocycles. The number of hydrogen-bond acceptors (Lipinski definition) is 3. The zero-order valence-electron chi connectivity index (χ0n) is 7.99. The molecule has 14 heavy (non-hydrogen) atoms. The average Bonchev–Trinajstić information content (AvgIpc) is 2.13. The number of rotatable bonds is 3. The molecule has 0 amide bonds. The molecule has 1 fully saturated rings. The van der Waals surface area contributed by atoms with Crippen molar-refractivity contribution in [1.29, 1.82) is 0 Å². The van der Waals surface area contributed by atoms with Crippen LogP contribution in [0.5, 0.6) is 0 Å². The van der Waals surface area contributed by atoms with Crippen molar-refractivity contribution in [2.45, 2.75) is 6.54 Å². The molecule has 2 heterocycles. The molecule has 0 aromatic carbocycles. The van der Waals surface area contributed by atoms with Crippen molar-refractivity contribution in [2.24, 2.45) is 11.7 Å². The molecule has 0 bridgehead atoms. The van der Waals surface area contributed by atoms with Crippen LogP contribution in [0.2, 0.25) is 5.02 Å². The van der Waals surface area contributed by atoms with Crippen LogP contribution in [-0.2, 0) is 6.54 Å². The molecule has 0 radical (unpaired) electrons. The van der Waals surface area contributed by atoms with E-state index in [1.807, 2.05) is 6.07 Å². The summed E-state index contributed by atoms with van der Waals surface area (Å²) in [6, 6.07) is 1.97. The minimum absolute atomic E-state index is 0.676. The molecule has 1 aliphatic rings. The van der Waals surface area contributed by atoms with E-state index in [-0.39, 0.29) is 0 Å². The Bertz CT molecular complexity index is 310. The van der Waals surface area contributed by atoms with Crippen LogP contribution in [0.1, 0.15) is 5.56 Å². The van der Waals surface area contributed by atoms with Gasteiger partial charge in [-0.2, -0.15) is 0 Å². The SMILES string of the molecule is NCC1CN(Cc2ccncc2Cl)C1. The summed E-state index contributed by atoms with van der Waals surface area (Å²) in [6.07, 6.45) is 3.47. The molecule has 1 aliphatic heterocycles. The molecule has 0 aliphatic carbocycles. The Morgan fingerprint density at radius 1 is 1.57 bits per heavy atom. The standard InChI is InChI=1S/C10H14ClN3/c11-10-4-13-2-1-9(10)7-14-5-8(3-12)6-14/h1-2,4,8H,3,5-7,12H2. The van der Waals surface area contributed by atoms with Gasteiger partial charge in [-0.05, 0) is 24.1 Å². The number of aromatic nitrogens is 1. The van der Waals surface area contributed by atoms with Crippen LogP contribution in [0.15, 0.2) is 18.5 Å². The minimum Gasteiger partial charge on any atom is -0.330 e. The highest BCUT2D eigenvalue weighted by Gasteiger charge is 2.25. The predicted molar refractivity (Wildman–Crippen MR) is 57.1 cm³/mol. The molecule has 1 saturated heterocycles. The van der Waals surface area contributed by atoms with E-state index in [1.54, 1.807) is 12.4 Å². The fraction of sp³-hybridized carbons (Fsp3) is 0.500. The van der Waals surface area contributed by atoms with Gasteiger partial charge in [-0.1, -0.05) is 11.6 Å². The molecule has 3 nitrogen and oxygen atoms in total. The molecule has 2 N–H and O–H groups in total. The van der Waals surface area contributed by atoms with Crippen molar-refractivity contribution in [3.63, 3.8) is 0 Å².